The van der Waals surface area contributed by atoms with Crippen LogP contribution in [0.25, 0.3) is 0 Å². The Morgan fingerprint density at radius 3 is 2.59 bits per heavy atom. The summed E-state index contributed by atoms with van der Waals surface area (Å²) in [6.45, 7) is 3.59. The summed E-state index contributed by atoms with van der Waals surface area (Å²) in [5, 5.41) is 18.5. The molecule has 1 aromatic heterocycles. The second-order valence-corrected chi connectivity index (χ2v) is 6.49. The molecule has 0 saturated heterocycles. The Morgan fingerprint density at radius 2 is 2.00 bits per heavy atom. The smallest absolute Gasteiger partial charge is 0.293 e. The first-order valence-corrected chi connectivity index (χ1v) is 8.48. The van der Waals surface area contributed by atoms with Gasteiger partial charge in [-0.2, -0.15) is 5.10 Å². The van der Waals surface area contributed by atoms with Crippen molar-refractivity contribution >= 4 is 23.2 Å². The van der Waals surface area contributed by atoms with Gasteiger partial charge in [0, 0.05) is 23.4 Å². The van der Waals surface area contributed by atoms with E-state index in [1.165, 1.54) is 22.9 Å². The van der Waals surface area contributed by atoms with E-state index in [9.17, 15) is 19.7 Å². The fourth-order valence-electron chi connectivity index (χ4n) is 2.60. The van der Waals surface area contributed by atoms with Gasteiger partial charge < -0.3 is 5.32 Å². The molecule has 3 rings (SSSR count). The van der Waals surface area contributed by atoms with Gasteiger partial charge in [-0.25, -0.2) is 0 Å². The maximum absolute atomic E-state index is 12.2. The largest absolute Gasteiger partial charge is 0.377 e. The van der Waals surface area contributed by atoms with E-state index in [4.69, 9.17) is 0 Å². The minimum absolute atomic E-state index is 0.0512. The SMILES string of the molecule is Cc1cc(C)n(CC(=O)NNC(=O)c2ccc(NC3CC3)c([N+](=O)[O-])c2)n1. The van der Waals surface area contributed by atoms with Crippen molar-refractivity contribution in [2.45, 2.75) is 39.3 Å². The Morgan fingerprint density at radius 1 is 1.26 bits per heavy atom. The van der Waals surface area contributed by atoms with Gasteiger partial charge in [-0.05, 0) is 44.9 Å². The van der Waals surface area contributed by atoms with E-state index in [1.807, 2.05) is 19.9 Å². The summed E-state index contributed by atoms with van der Waals surface area (Å²) in [6, 6.07) is 6.25. The zero-order chi connectivity index (χ0) is 19.6. The monoisotopic (exact) mass is 372 g/mol. The second kappa shape index (κ2) is 7.44. The first-order chi connectivity index (χ1) is 12.8. The molecule has 1 heterocycles. The van der Waals surface area contributed by atoms with Crippen LogP contribution in [0.1, 0.15) is 34.6 Å². The minimum Gasteiger partial charge on any atom is -0.377 e. The fourth-order valence-corrected chi connectivity index (χ4v) is 2.60. The molecule has 10 heteroatoms. The summed E-state index contributed by atoms with van der Waals surface area (Å²) in [7, 11) is 0. The number of aryl methyl sites for hydroxylation is 2. The molecule has 0 atom stereocenters. The lowest BCUT2D eigenvalue weighted by Crippen LogP contribution is -2.43. The van der Waals surface area contributed by atoms with Crippen LogP contribution < -0.4 is 16.2 Å². The molecule has 1 fully saturated rings. The zero-order valence-corrected chi connectivity index (χ0v) is 15.0. The highest BCUT2D eigenvalue weighted by Gasteiger charge is 2.25. The van der Waals surface area contributed by atoms with Gasteiger partial charge in [0.1, 0.15) is 12.2 Å². The molecule has 3 N–H and O–H groups in total. The predicted molar refractivity (Wildman–Crippen MR) is 97.1 cm³/mol. The molecule has 2 amide bonds. The zero-order valence-electron chi connectivity index (χ0n) is 15.0. The van der Waals surface area contributed by atoms with Crippen molar-refractivity contribution in [1.29, 1.82) is 0 Å². The highest BCUT2D eigenvalue weighted by atomic mass is 16.6. The van der Waals surface area contributed by atoms with Crippen LogP contribution in [-0.4, -0.2) is 32.6 Å². The van der Waals surface area contributed by atoms with Gasteiger partial charge in [0.05, 0.1) is 10.6 Å². The minimum atomic E-state index is -0.641. The third-order valence-electron chi connectivity index (χ3n) is 4.11. The Labute approximate surface area is 155 Å². The van der Waals surface area contributed by atoms with Crippen molar-refractivity contribution in [1.82, 2.24) is 20.6 Å². The van der Waals surface area contributed by atoms with E-state index in [0.29, 0.717) is 5.69 Å². The summed E-state index contributed by atoms with van der Waals surface area (Å²) in [4.78, 5) is 34.9. The molecule has 1 aliphatic carbocycles. The van der Waals surface area contributed by atoms with E-state index >= 15 is 0 Å². The number of carbonyl (C=O) groups is 2. The molecular formula is C17H20N6O4. The van der Waals surface area contributed by atoms with Gasteiger partial charge in [-0.15, -0.1) is 0 Å². The number of nitrogens with zero attached hydrogens (tertiary/aromatic N) is 3. The van der Waals surface area contributed by atoms with E-state index in [2.05, 4.69) is 21.3 Å². The van der Waals surface area contributed by atoms with Gasteiger partial charge in [0.25, 0.3) is 17.5 Å². The highest BCUT2D eigenvalue weighted by Crippen LogP contribution is 2.31. The Balaban J connectivity index is 1.61. The number of hydrazine groups is 1. The number of nitro groups is 1. The summed E-state index contributed by atoms with van der Waals surface area (Å²) in [5.74, 6) is -1.10. The first-order valence-electron chi connectivity index (χ1n) is 8.48. The standard InChI is InChI=1S/C17H20N6O4/c1-10-7-11(2)22(21-10)9-16(24)19-20-17(25)12-3-6-14(18-13-4-5-13)15(8-12)23(26)27/h3,6-8,13,18H,4-5,9H2,1-2H3,(H,19,24)(H,20,25). The lowest BCUT2D eigenvalue weighted by molar-refractivity contribution is -0.384. The number of hydrogen-bond donors (Lipinski definition) is 3. The molecule has 0 aliphatic heterocycles. The van der Waals surface area contributed by atoms with Crippen LogP contribution >= 0.6 is 0 Å². The normalized spacial score (nSPS) is 13.1. The maximum Gasteiger partial charge on any atom is 0.293 e. The molecule has 0 spiro atoms. The van der Waals surface area contributed by atoms with Gasteiger partial charge in [-0.3, -0.25) is 35.2 Å². The molecule has 0 unspecified atom stereocenters. The van der Waals surface area contributed by atoms with Gasteiger partial charge >= 0.3 is 0 Å². The van der Waals surface area contributed by atoms with Crippen molar-refractivity contribution in [3.8, 4) is 0 Å². The molecule has 1 saturated carbocycles. The highest BCUT2D eigenvalue weighted by molar-refractivity contribution is 5.96. The number of amides is 2. The van der Waals surface area contributed by atoms with E-state index < -0.39 is 16.7 Å². The Hall–Kier alpha value is -3.43. The third kappa shape index (κ3) is 4.60. The Bertz CT molecular complexity index is 903. The predicted octanol–water partition coefficient (Wildman–Crippen LogP) is 1.44. The molecule has 2 aromatic rings. The average Bonchev–Trinajstić information content (AvgIpc) is 3.37. The number of nitrogens with one attached hydrogen (secondary N) is 3. The summed E-state index contributed by atoms with van der Waals surface area (Å²) >= 11 is 0. The van der Waals surface area contributed by atoms with Gasteiger partial charge in [0.15, 0.2) is 0 Å². The number of rotatable bonds is 6. The van der Waals surface area contributed by atoms with Gasteiger partial charge in [-0.1, -0.05) is 0 Å². The molecule has 1 aromatic carbocycles. The van der Waals surface area contributed by atoms with Crippen molar-refractivity contribution in [3.05, 3.63) is 51.3 Å². The maximum atomic E-state index is 12.2. The van der Waals surface area contributed by atoms with Gasteiger partial charge in [0.2, 0.25) is 0 Å². The van der Waals surface area contributed by atoms with Crippen LogP contribution in [0.5, 0.6) is 0 Å². The number of nitro benzene ring substituents is 1. The Kier molecular flexibility index (Phi) is 5.06. The van der Waals surface area contributed by atoms with Crippen LogP contribution in [0.3, 0.4) is 0 Å². The van der Waals surface area contributed by atoms with Crippen molar-refractivity contribution < 1.29 is 14.5 Å². The quantitative estimate of drug-likeness (QED) is 0.519. The molecule has 10 nitrogen and oxygen atoms in total. The molecule has 0 bridgehead atoms. The summed E-state index contributed by atoms with van der Waals surface area (Å²) < 4.78 is 1.51. The number of anilines is 1. The molecule has 1 aliphatic rings. The van der Waals surface area contributed by atoms with Crippen LogP contribution in [0.15, 0.2) is 24.3 Å². The van der Waals surface area contributed by atoms with Crippen molar-refractivity contribution in [2.75, 3.05) is 5.32 Å². The number of carbonyl (C=O) groups excluding carboxylic acids is 2. The van der Waals surface area contributed by atoms with Crippen LogP contribution in [0.4, 0.5) is 11.4 Å². The molecular weight excluding hydrogens is 352 g/mol. The summed E-state index contributed by atoms with van der Waals surface area (Å²) in [5.41, 5.74) is 6.44. The molecule has 27 heavy (non-hydrogen) atoms. The van der Waals surface area contributed by atoms with E-state index in [1.54, 1.807) is 0 Å². The lowest BCUT2D eigenvalue weighted by atomic mass is 10.1. The fraction of sp³-hybridized carbons (Fsp3) is 0.353. The average molecular weight is 372 g/mol. The van der Waals surface area contributed by atoms with Crippen LogP contribution in [-0.2, 0) is 11.3 Å². The lowest BCUT2D eigenvalue weighted by Gasteiger charge is -2.10. The van der Waals surface area contributed by atoms with Crippen molar-refractivity contribution in [2.24, 2.45) is 0 Å². The van der Waals surface area contributed by atoms with Crippen molar-refractivity contribution in [3.63, 3.8) is 0 Å². The number of hydrogen-bond acceptors (Lipinski definition) is 6. The summed E-state index contributed by atoms with van der Waals surface area (Å²) in [6.07, 6.45) is 1.95. The first kappa shape index (κ1) is 18.4. The molecule has 0 radical (unpaired) electrons. The molecule has 142 valence electrons. The van der Waals surface area contributed by atoms with E-state index in [-0.39, 0.29) is 23.8 Å². The third-order valence-corrected chi connectivity index (χ3v) is 4.11. The van der Waals surface area contributed by atoms with Crippen LogP contribution in [0, 0.1) is 24.0 Å². The number of benzene rings is 1. The number of aromatic nitrogens is 2. The topological polar surface area (TPSA) is 131 Å². The van der Waals surface area contributed by atoms with Crippen LogP contribution in [0.2, 0.25) is 0 Å². The second-order valence-electron chi connectivity index (χ2n) is 6.49. The van der Waals surface area contributed by atoms with E-state index in [0.717, 1.165) is 24.2 Å².